The number of rotatable bonds is 0. The van der Waals surface area contributed by atoms with Crippen molar-refractivity contribution in [2.45, 2.75) is 6.17 Å². The van der Waals surface area contributed by atoms with Crippen LogP contribution < -0.4 is 0 Å². The number of hydrogen-bond acceptors (Lipinski definition) is 0. The van der Waals surface area contributed by atoms with E-state index in [1.807, 2.05) is 0 Å². The van der Waals surface area contributed by atoms with E-state index in [4.69, 9.17) is 0 Å². The first kappa shape index (κ1) is 10.4. The van der Waals surface area contributed by atoms with Crippen molar-refractivity contribution in [2.75, 3.05) is 0 Å². The molecular weight excluding hydrogens is 259 g/mol. The van der Waals surface area contributed by atoms with Crippen LogP contribution in [0, 0.1) is 23.3 Å². The lowest BCUT2D eigenvalue weighted by Crippen LogP contribution is -1.93. The fraction of sp³-hybridized carbons (Fsp3) is 0.143. The molecule has 0 unspecified atom stereocenters. The first-order chi connectivity index (χ1) is 5.55. The fourth-order valence-corrected chi connectivity index (χ4v) is 1.08. The standard InChI is InChI=1S/C7HF5.BrH/c8-3-1-2(3)5(10)7(12)6(11)4(1)9;/h3H;1H. The third-order valence-corrected chi connectivity index (χ3v) is 1.76. The summed E-state index contributed by atoms with van der Waals surface area (Å²) in [5.74, 6) is -7.16. The molecule has 0 bridgehead atoms. The maximum absolute atomic E-state index is 12.5. The van der Waals surface area contributed by atoms with Gasteiger partial charge in [-0.1, -0.05) is 0 Å². The second-order valence-electron chi connectivity index (χ2n) is 2.45. The van der Waals surface area contributed by atoms with Crippen LogP contribution in [0.4, 0.5) is 22.0 Å². The second-order valence-corrected chi connectivity index (χ2v) is 2.45. The maximum atomic E-state index is 12.5. The average Bonchev–Trinajstić information content (AvgIpc) is 2.70. The molecule has 6 heteroatoms. The number of fused-ring (bicyclic) bond motifs is 1. The Morgan fingerprint density at radius 3 is 1.31 bits per heavy atom. The van der Waals surface area contributed by atoms with Gasteiger partial charge in [-0.2, -0.15) is 0 Å². The van der Waals surface area contributed by atoms with Gasteiger partial charge in [-0.25, -0.2) is 22.0 Å². The zero-order valence-corrected chi connectivity index (χ0v) is 7.59. The van der Waals surface area contributed by atoms with E-state index in [2.05, 4.69) is 0 Å². The molecule has 1 aliphatic rings. The first-order valence-electron chi connectivity index (χ1n) is 3.05. The number of alkyl halides is 1. The largest absolute Gasteiger partial charge is 0.237 e. The van der Waals surface area contributed by atoms with Gasteiger partial charge >= 0.3 is 0 Å². The molecule has 0 spiro atoms. The van der Waals surface area contributed by atoms with Gasteiger partial charge in [-0.3, -0.25) is 0 Å². The smallest absolute Gasteiger partial charge is 0.197 e. The van der Waals surface area contributed by atoms with E-state index in [9.17, 15) is 22.0 Å². The summed E-state index contributed by atoms with van der Waals surface area (Å²) >= 11 is 0. The molecule has 1 aromatic carbocycles. The molecule has 0 N–H and O–H groups in total. The van der Waals surface area contributed by atoms with E-state index >= 15 is 0 Å². The van der Waals surface area contributed by atoms with Crippen LogP contribution in [-0.2, 0) is 0 Å². The minimum atomic E-state index is -1.98. The monoisotopic (exact) mass is 260 g/mol. The van der Waals surface area contributed by atoms with Crippen molar-refractivity contribution >= 4 is 17.0 Å². The van der Waals surface area contributed by atoms with E-state index in [1.165, 1.54) is 0 Å². The van der Waals surface area contributed by atoms with Gasteiger partial charge in [0.05, 0.1) is 0 Å². The highest BCUT2D eigenvalue weighted by atomic mass is 79.9. The third-order valence-electron chi connectivity index (χ3n) is 1.76. The first-order valence-corrected chi connectivity index (χ1v) is 3.05. The summed E-state index contributed by atoms with van der Waals surface area (Å²) in [6.07, 6.45) is -1.98. The Bertz CT molecular complexity index is 341. The molecule has 0 aliphatic heterocycles. The topological polar surface area (TPSA) is 0 Å². The Hall–Kier alpha value is -0.650. The Morgan fingerprint density at radius 1 is 0.692 bits per heavy atom. The van der Waals surface area contributed by atoms with Gasteiger partial charge in [-0.15, -0.1) is 17.0 Å². The molecule has 1 aliphatic carbocycles. The molecule has 2 rings (SSSR count). The van der Waals surface area contributed by atoms with Crippen LogP contribution in [0.5, 0.6) is 0 Å². The predicted molar refractivity (Wildman–Crippen MR) is 39.5 cm³/mol. The molecule has 0 aromatic heterocycles. The van der Waals surface area contributed by atoms with Crippen LogP contribution in [0.15, 0.2) is 0 Å². The minimum absolute atomic E-state index is 0. The average molecular weight is 261 g/mol. The van der Waals surface area contributed by atoms with Crippen molar-refractivity contribution in [1.29, 1.82) is 0 Å². The van der Waals surface area contributed by atoms with Crippen molar-refractivity contribution in [2.24, 2.45) is 0 Å². The highest BCUT2D eigenvalue weighted by Crippen LogP contribution is 2.49. The molecule has 0 nitrogen and oxygen atoms in total. The molecule has 0 saturated carbocycles. The van der Waals surface area contributed by atoms with Crippen molar-refractivity contribution in [3.05, 3.63) is 34.4 Å². The van der Waals surface area contributed by atoms with Crippen molar-refractivity contribution in [3.63, 3.8) is 0 Å². The molecule has 0 saturated heterocycles. The highest BCUT2D eigenvalue weighted by molar-refractivity contribution is 8.93. The van der Waals surface area contributed by atoms with E-state index < -0.39 is 40.6 Å². The Morgan fingerprint density at radius 2 is 1.00 bits per heavy atom. The molecule has 72 valence electrons. The Kier molecular flexibility index (Phi) is 2.36. The normalized spacial score (nSPS) is 13.6. The summed E-state index contributed by atoms with van der Waals surface area (Å²) in [6.45, 7) is 0. The van der Waals surface area contributed by atoms with Crippen LogP contribution in [0.2, 0.25) is 0 Å². The van der Waals surface area contributed by atoms with Crippen molar-refractivity contribution in [1.82, 2.24) is 0 Å². The minimum Gasteiger partial charge on any atom is -0.237 e. The summed E-state index contributed by atoms with van der Waals surface area (Å²) in [5, 5.41) is 0. The number of benzene rings is 1. The van der Waals surface area contributed by atoms with Crippen LogP contribution in [-0.4, -0.2) is 0 Å². The third kappa shape index (κ3) is 1.15. The summed E-state index contributed by atoms with van der Waals surface area (Å²) in [6, 6.07) is 0. The molecule has 0 amide bonds. The lowest BCUT2D eigenvalue weighted by molar-refractivity contribution is 0.411. The SMILES string of the molecule is Br.Fc1c(F)c(F)c2c(c1F)C2F. The van der Waals surface area contributed by atoms with Crippen LogP contribution in [0.3, 0.4) is 0 Å². The summed E-state index contributed by atoms with van der Waals surface area (Å²) in [5.41, 5.74) is -1.40. The lowest BCUT2D eigenvalue weighted by Gasteiger charge is -1.92. The highest BCUT2D eigenvalue weighted by Gasteiger charge is 2.44. The van der Waals surface area contributed by atoms with Gasteiger partial charge in [0.1, 0.15) is 0 Å². The van der Waals surface area contributed by atoms with E-state index in [0.717, 1.165) is 0 Å². The molecule has 0 heterocycles. The molecule has 0 radical (unpaired) electrons. The van der Waals surface area contributed by atoms with E-state index in [0.29, 0.717) is 0 Å². The lowest BCUT2D eigenvalue weighted by atomic mass is 10.3. The summed E-state index contributed by atoms with van der Waals surface area (Å²) in [7, 11) is 0. The van der Waals surface area contributed by atoms with Gasteiger partial charge in [-0.05, 0) is 0 Å². The zero-order chi connectivity index (χ0) is 9.04. The Balaban J connectivity index is 0.000000845. The van der Waals surface area contributed by atoms with Gasteiger partial charge in [0, 0.05) is 11.1 Å². The van der Waals surface area contributed by atoms with Gasteiger partial charge in [0.25, 0.3) is 0 Å². The molecule has 13 heavy (non-hydrogen) atoms. The fourth-order valence-electron chi connectivity index (χ4n) is 1.08. The molecule has 1 aromatic rings. The van der Waals surface area contributed by atoms with Crippen LogP contribution >= 0.6 is 17.0 Å². The predicted octanol–water partition coefficient (Wildman–Crippen LogP) is 3.19. The second kappa shape index (κ2) is 2.94. The molecular formula is C7H2BrF5. The Labute approximate surface area is 80.1 Å². The van der Waals surface area contributed by atoms with Gasteiger partial charge in [0.15, 0.2) is 29.4 Å². The quantitative estimate of drug-likeness (QED) is 0.382. The molecule has 0 fully saturated rings. The summed E-state index contributed by atoms with van der Waals surface area (Å²) < 4.78 is 61.9. The van der Waals surface area contributed by atoms with Crippen LogP contribution in [0.1, 0.15) is 17.3 Å². The van der Waals surface area contributed by atoms with Gasteiger partial charge in [0.2, 0.25) is 0 Å². The van der Waals surface area contributed by atoms with Crippen molar-refractivity contribution in [3.8, 4) is 0 Å². The van der Waals surface area contributed by atoms with Crippen LogP contribution in [0.25, 0.3) is 0 Å². The van der Waals surface area contributed by atoms with Crippen molar-refractivity contribution < 1.29 is 22.0 Å². The zero-order valence-electron chi connectivity index (χ0n) is 5.88. The maximum Gasteiger partial charge on any atom is 0.197 e. The molecule has 0 atom stereocenters. The van der Waals surface area contributed by atoms with E-state index in [1.54, 1.807) is 0 Å². The number of hydrogen-bond donors (Lipinski definition) is 0. The summed E-state index contributed by atoms with van der Waals surface area (Å²) in [4.78, 5) is 0. The number of halogens is 6. The van der Waals surface area contributed by atoms with E-state index in [-0.39, 0.29) is 17.0 Å². The van der Waals surface area contributed by atoms with Gasteiger partial charge < -0.3 is 0 Å².